The first-order valence-corrected chi connectivity index (χ1v) is 4.13. The van der Waals surface area contributed by atoms with Crippen molar-refractivity contribution in [1.29, 1.82) is 0 Å². The average molecular weight is 179 g/mol. The van der Waals surface area contributed by atoms with Crippen molar-refractivity contribution >= 4 is 5.69 Å². The molecule has 70 valence electrons. The van der Waals surface area contributed by atoms with Crippen LogP contribution in [0.1, 0.15) is 22.3 Å². The number of phenols is 1. The van der Waals surface area contributed by atoms with Gasteiger partial charge < -0.3 is 5.11 Å². The zero-order valence-corrected chi connectivity index (χ0v) is 8.30. The molecule has 0 saturated carbocycles. The van der Waals surface area contributed by atoms with Crippen LogP contribution in [0.5, 0.6) is 5.75 Å². The van der Waals surface area contributed by atoms with Crippen molar-refractivity contribution in [3.63, 3.8) is 0 Å². The minimum Gasteiger partial charge on any atom is -0.507 e. The number of rotatable bonds is 1. The lowest BCUT2D eigenvalue weighted by Gasteiger charge is -2.11. The molecular weight excluding hydrogens is 166 g/mol. The Labute approximate surface area is 77.4 Å². The van der Waals surface area contributed by atoms with Crippen LogP contribution < -0.4 is 0 Å². The van der Waals surface area contributed by atoms with E-state index in [-0.39, 0.29) is 5.75 Å². The lowest BCUT2D eigenvalue weighted by atomic mass is 9.97. The Bertz CT molecular complexity index is 341. The monoisotopic (exact) mass is 179 g/mol. The van der Waals surface area contributed by atoms with Crippen molar-refractivity contribution in [2.75, 3.05) is 0 Å². The predicted molar refractivity (Wildman–Crippen MR) is 52.5 cm³/mol. The van der Waals surface area contributed by atoms with E-state index in [0.717, 1.165) is 22.3 Å². The van der Waals surface area contributed by atoms with E-state index in [0.29, 0.717) is 5.69 Å². The van der Waals surface area contributed by atoms with Gasteiger partial charge in [-0.1, -0.05) is 0 Å². The van der Waals surface area contributed by atoms with Gasteiger partial charge in [-0.25, -0.2) is 0 Å². The standard InChI is InChI=1S/C10H13NO2/c1-5-7(3)10(12)8(4)6(2)9(5)11-13/h12H,1-4H3. The highest BCUT2D eigenvalue weighted by Gasteiger charge is 2.13. The number of nitroso groups, excluding NO2 is 1. The van der Waals surface area contributed by atoms with Crippen molar-refractivity contribution in [2.24, 2.45) is 5.18 Å². The van der Waals surface area contributed by atoms with Gasteiger partial charge in [-0.15, -0.1) is 4.91 Å². The molecular formula is C10H13NO2. The van der Waals surface area contributed by atoms with E-state index in [1.54, 1.807) is 27.7 Å². The maximum absolute atomic E-state index is 10.5. The topological polar surface area (TPSA) is 49.7 Å². The number of benzene rings is 1. The summed E-state index contributed by atoms with van der Waals surface area (Å²) in [5.41, 5.74) is 3.44. The summed E-state index contributed by atoms with van der Waals surface area (Å²) in [4.78, 5) is 10.5. The summed E-state index contributed by atoms with van der Waals surface area (Å²) in [6.07, 6.45) is 0. The Morgan fingerprint density at radius 1 is 0.923 bits per heavy atom. The number of hydrogen-bond donors (Lipinski definition) is 1. The number of hydrogen-bond acceptors (Lipinski definition) is 3. The molecule has 1 rings (SSSR count). The second-order valence-corrected chi connectivity index (χ2v) is 3.29. The molecule has 3 heteroatoms. The largest absolute Gasteiger partial charge is 0.507 e. The molecule has 0 radical (unpaired) electrons. The van der Waals surface area contributed by atoms with E-state index >= 15 is 0 Å². The molecule has 1 aromatic rings. The van der Waals surface area contributed by atoms with Crippen LogP contribution in [0.4, 0.5) is 5.69 Å². The van der Waals surface area contributed by atoms with Crippen molar-refractivity contribution < 1.29 is 5.11 Å². The second kappa shape index (κ2) is 3.17. The molecule has 0 bridgehead atoms. The molecule has 0 heterocycles. The molecule has 0 atom stereocenters. The van der Waals surface area contributed by atoms with Gasteiger partial charge in [0.1, 0.15) is 11.4 Å². The first-order valence-electron chi connectivity index (χ1n) is 4.13. The predicted octanol–water partition coefficient (Wildman–Crippen LogP) is 3.02. The summed E-state index contributed by atoms with van der Waals surface area (Å²) in [5, 5.41) is 12.6. The Morgan fingerprint density at radius 3 is 1.62 bits per heavy atom. The van der Waals surface area contributed by atoms with Crippen LogP contribution in [0.3, 0.4) is 0 Å². The van der Waals surface area contributed by atoms with Gasteiger partial charge in [0.2, 0.25) is 0 Å². The minimum absolute atomic E-state index is 0.266. The van der Waals surface area contributed by atoms with Crippen molar-refractivity contribution in [3.05, 3.63) is 27.2 Å². The summed E-state index contributed by atoms with van der Waals surface area (Å²) in [6.45, 7) is 7.15. The quantitative estimate of drug-likeness (QED) is 0.673. The molecule has 0 saturated heterocycles. The van der Waals surface area contributed by atoms with Crippen LogP contribution in [-0.4, -0.2) is 5.11 Å². The summed E-state index contributed by atoms with van der Waals surface area (Å²) in [6, 6.07) is 0. The molecule has 1 N–H and O–H groups in total. The highest BCUT2D eigenvalue weighted by atomic mass is 16.3. The Balaban J connectivity index is 3.66. The SMILES string of the molecule is Cc1c(C)c(N=O)c(C)c(C)c1O. The van der Waals surface area contributed by atoms with E-state index in [4.69, 9.17) is 0 Å². The third-order valence-corrected chi connectivity index (χ3v) is 2.64. The van der Waals surface area contributed by atoms with Crippen LogP contribution in [0.2, 0.25) is 0 Å². The molecule has 0 spiro atoms. The minimum atomic E-state index is 0.266. The Hall–Kier alpha value is -1.38. The van der Waals surface area contributed by atoms with Gasteiger partial charge in [-0.3, -0.25) is 0 Å². The molecule has 1 aromatic carbocycles. The summed E-state index contributed by atoms with van der Waals surface area (Å²) >= 11 is 0. The Kier molecular flexibility index (Phi) is 2.36. The summed E-state index contributed by atoms with van der Waals surface area (Å²) in [5.74, 6) is 0.266. The fourth-order valence-electron chi connectivity index (χ4n) is 1.41. The molecule has 3 nitrogen and oxygen atoms in total. The van der Waals surface area contributed by atoms with Gasteiger partial charge in [-0.05, 0) is 55.1 Å². The first kappa shape index (κ1) is 9.71. The average Bonchev–Trinajstić information content (AvgIpc) is 2.13. The third-order valence-electron chi connectivity index (χ3n) is 2.64. The summed E-state index contributed by atoms with van der Waals surface area (Å²) in [7, 11) is 0. The van der Waals surface area contributed by atoms with Gasteiger partial charge >= 0.3 is 0 Å². The first-order chi connectivity index (χ1) is 6.00. The van der Waals surface area contributed by atoms with E-state index in [9.17, 15) is 10.0 Å². The number of phenolic OH excluding ortho intramolecular Hbond substituents is 1. The van der Waals surface area contributed by atoms with Gasteiger partial charge in [0.05, 0.1) is 0 Å². The fraction of sp³-hybridized carbons (Fsp3) is 0.400. The van der Waals surface area contributed by atoms with Crippen LogP contribution in [0, 0.1) is 32.6 Å². The smallest absolute Gasteiger partial charge is 0.122 e. The van der Waals surface area contributed by atoms with Gasteiger partial charge in [0.15, 0.2) is 0 Å². The number of aromatic hydroxyl groups is 1. The lowest BCUT2D eigenvalue weighted by molar-refractivity contribution is 0.466. The molecule has 13 heavy (non-hydrogen) atoms. The maximum Gasteiger partial charge on any atom is 0.122 e. The van der Waals surface area contributed by atoms with Gasteiger partial charge in [0.25, 0.3) is 0 Å². The van der Waals surface area contributed by atoms with E-state index in [1.165, 1.54) is 0 Å². The summed E-state index contributed by atoms with van der Waals surface area (Å²) < 4.78 is 0. The fourth-order valence-corrected chi connectivity index (χ4v) is 1.41. The third kappa shape index (κ3) is 1.30. The molecule has 0 aliphatic heterocycles. The Morgan fingerprint density at radius 2 is 1.31 bits per heavy atom. The highest BCUT2D eigenvalue weighted by Crippen LogP contribution is 2.36. The molecule has 0 fully saturated rings. The highest BCUT2D eigenvalue weighted by molar-refractivity contribution is 5.63. The maximum atomic E-state index is 10.5. The van der Waals surface area contributed by atoms with Crippen molar-refractivity contribution in [3.8, 4) is 5.75 Å². The molecule has 0 aliphatic rings. The molecule has 0 unspecified atom stereocenters. The van der Waals surface area contributed by atoms with Crippen molar-refractivity contribution in [2.45, 2.75) is 27.7 Å². The molecule has 0 aliphatic carbocycles. The second-order valence-electron chi connectivity index (χ2n) is 3.29. The zero-order valence-electron chi connectivity index (χ0n) is 8.30. The van der Waals surface area contributed by atoms with Crippen LogP contribution in [-0.2, 0) is 0 Å². The zero-order chi connectivity index (χ0) is 10.2. The lowest BCUT2D eigenvalue weighted by Crippen LogP contribution is -1.91. The van der Waals surface area contributed by atoms with Gasteiger partial charge in [-0.2, -0.15) is 0 Å². The van der Waals surface area contributed by atoms with E-state index < -0.39 is 0 Å². The van der Waals surface area contributed by atoms with E-state index in [1.807, 2.05) is 0 Å². The van der Waals surface area contributed by atoms with E-state index in [2.05, 4.69) is 5.18 Å². The molecule has 0 aromatic heterocycles. The van der Waals surface area contributed by atoms with Gasteiger partial charge in [0, 0.05) is 0 Å². The normalized spacial score (nSPS) is 10.2. The number of nitrogens with zero attached hydrogens (tertiary/aromatic N) is 1. The molecule has 0 amide bonds. The van der Waals surface area contributed by atoms with Crippen LogP contribution >= 0.6 is 0 Å². The van der Waals surface area contributed by atoms with Crippen LogP contribution in [0.25, 0.3) is 0 Å². The van der Waals surface area contributed by atoms with Crippen molar-refractivity contribution in [1.82, 2.24) is 0 Å². The van der Waals surface area contributed by atoms with Crippen LogP contribution in [0.15, 0.2) is 5.18 Å².